The molecule has 1 unspecified atom stereocenters. The van der Waals surface area contributed by atoms with E-state index in [0.717, 1.165) is 23.7 Å². The Kier molecular flexibility index (Phi) is 8.78. The highest BCUT2D eigenvalue weighted by molar-refractivity contribution is 7.99. The number of anilines is 1. The predicted molar refractivity (Wildman–Crippen MR) is 100.0 cm³/mol. The van der Waals surface area contributed by atoms with Crippen LogP contribution in [0, 0.1) is 0 Å². The largest absolute Gasteiger partial charge is 0.312 e. The number of pyridine rings is 1. The molecule has 0 aliphatic carbocycles. The van der Waals surface area contributed by atoms with Crippen LogP contribution in [-0.4, -0.2) is 45.2 Å². The summed E-state index contributed by atoms with van der Waals surface area (Å²) in [5.41, 5.74) is 0.765. The van der Waals surface area contributed by atoms with Crippen LogP contribution in [0.2, 0.25) is 0 Å². The highest BCUT2D eigenvalue weighted by atomic mass is 35.5. The molecule has 2 aromatic heterocycles. The van der Waals surface area contributed by atoms with Gasteiger partial charge in [0.25, 0.3) is 0 Å². The molecular weight excluding hydrogens is 377 g/mol. The lowest BCUT2D eigenvalue weighted by atomic mass is 10.2. The Balaban J connectivity index is 0.00000132. The Morgan fingerprint density at radius 3 is 2.91 bits per heavy atom. The van der Waals surface area contributed by atoms with E-state index in [0.29, 0.717) is 16.6 Å². The van der Waals surface area contributed by atoms with Gasteiger partial charge in [-0.3, -0.25) is 9.78 Å². The van der Waals surface area contributed by atoms with Gasteiger partial charge in [-0.1, -0.05) is 17.4 Å². The van der Waals surface area contributed by atoms with Crippen molar-refractivity contribution in [3.63, 3.8) is 0 Å². The van der Waals surface area contributed by atoms with Crippen molar-refractivity contribution in [3.05, 3.63) is 24.4 Å². The number of nitrogens with zero attached hydrogens (tertiary/aromatic N) is 3. The van der Waals surface area contributed by atoms with Gasteiger partial charge in [-0.15, -0.1) is 35.0 Å². The molecule has 1 fully saturated rings. The normalized spacial score (nSPS) is 16.8. The molecule has 0 saturated carbocycles. The monoisotopic (exact) mass is 393 g/mol. The van der Waals surface area contributed by atoms with Crippen molar-refractivity contribution in [3.8, 4) is 10.7 Å². The number of nitrogens with one attached hydrogen (secondary N) is 2. The molecule has 23 heavy (non-hydrogen) atoms. The van der Waals surface area contributed by atoms with Crippen LogP contribution in [0.15, 0.2) is 24.4 Å². The van der Waals surface area contributed by atoms with Gasteiger partial charge in [-0.2, -0.15) is 11.8 Å². The third kappa shape index (κ3) is 5.89. The van der Waals surface area contributed by atoms with E-state index in [4.69, 9.17) is 0 Å². The van der Waals surface area contributed by atoms with Crippen molar-refractivity contribution >= 4 is 59.0 Å². The first-order chi connectivity index (χ1) is 10.3. The first-order valence-electron chi connectivity index (χ1n) is 6.67. The molecule has 1 aliphatic rings. The lowest BCUT2D eigenvalue weighted by Gasteiger charge is -2.22. The molecule has 1 atom stereocenters. The maximum Gasteiger partial charge on any atom is 0.227 e. The molecule has 0 spiro atoms. The van der Waals surface area contributed by atoms with Crippen LogP contribution in [-0.2, 0) is 4.79 Å². The van der Waals surface area contributed by atoms with E-state index in [9.17, 15) is 4.79 Å². The second-order valence-corrected chi connectivity index (χ2v) is 6.73. The molecule has 6 nitrogen and oxygen atoms in total. The summed E-state index contributed by atoms with van der Waals surface area (Å²) in [6, 6.07) is 5.86. The van der Waals surface area contributed by atoms with Crippen LogP contribution in [0.3, 0.4) is 0 Å². The molecule has 0 radical (unpaired) electrons. The van der Waals surface area contributed by atoms with E-state index in [1.165, 1.54) is 11.3 Å². The molecule has 2 aromatic rings. The summed E-state index contributed by atoms with van der Waals surface area (Å²) in [7, 11) is 0. The Morgan fingerprint density at radius 2 is 2.22 bits per heavy atom. The fourth-order valence-corrected chi connectivity index (χ4v) is 3.70. The number of amides is 1. The van der Waals surface area contributed by atoms with E-state index in [2.05, 4.69) is 25.8 Å². The molecule has 1 amide bonds. The molecular formula is C13H17Cl2N5OS2. The number of carbonyl (C=O) groups is 1. The third-order valence-corrected chi connectivity index (χ3v) is 4.98. The van der Waals surface area contributed by atoms with E-state index in [-0.39, 0.29) is 36.8 Å². The molecule has 1 saturated heterocycles. The zero-order valence-corrected chi connectivity index (χ0v) is 15.4. The van der Waals surface area contributed by atoms with Crippen LogP contribution < -0.4 is 10.6 Å². The Bertz CT molecular complexity index is 607. The highest BCUT2D eigenvalue weighted by Crippen LogP contribution is 2.24. The van der Waals surface area contributed by atoms with Crippen LogP contribution in [0.1, 0.15) is 6.42 Å². The quantitative estimate of drug-likeness (QED) is 0.830. The molecule has 0 aromatic carbocycles. The summed E-state index contributed by atoms with van der Waals surface area (Å²) in [6.45, 7) is 0.964. The third-order valence-electron chi connectivity index (χ3n) is 2.99. The smallest absolute Gasteiger partial charge is 0.227 e. The van der Waals surface area contributed by atoms with E-state index < -0.39 is 0 Å². The minimum absolute atomic E-state index is 0. The lowest BCUT2D eigenvalue weighted by Crippen LogP contribution is -2.39. The van der Waals surface area contributed by atoms with Gasteiger partial charge in [0.15, 0.2) is 5.01 Å². The van der Waals surface area contributed by atoms with Gasteiger partial charge in [0.05, 0.1) is 0 Å². The van der Waals surface area contributed by atoms with E-state index in [1.54, 1.807) is 6.20 Å². The van der Waals surface area contributed by atoms with Crippen LogP contribution >= 0.6 is 47.9 Å². The van der Waals surface area contributed by atoms with Crippen molar-refractivity contribution in [1.82, 2.24) is 20.5 Å². The fraction of sp³-hybridized carbons (Fsp3) is 0.385. The summed E-state index contributed by atoms with van der Waals surface area (Å²) in [5, 5.41) is 15.4. The Labute approximate surface area is 155 Å². The predicted octanol–water partition coefficient (Wildman–Crippen LogP) is 2.48. The standard InChI is InChI=1S/C13H15N5OS2.2ClH/c19-11(7-9-8-20-6-5-14-9)16-13-18-17-12(21-13)10-3-1-2-4-15-10;;/h1-4,9,14H,5-8H2,(H,16,18,19);2*1H. The fourth-order valence-electron chi connectivity index (χ4n) is 2.01. The second-order valence-electron chi connectivity index (χ2n) is 4.61. The maximum absolute atomic E-state index is 12.0. The van der Waals surface area contributed by atoms with Gasteiger partial charge in [0, 0.05) is 36.7 Å². The molecule has 0 bridgehead atoms. The molecule has 126 valence electrons. The highest BCUT2D eigenvalue weighted by Gasteiger charge is 2.18. The first kappa shape index (κ1) is 20.1. The molecule has 3 heterocycles. The van der Waals surface area contributed by atoms with Crippen LogP contribution in [0.4, 0.5) is 5.13 Å². The average Bonchev–Trinajstić information content (AvgIpc) is 2.97. The van der Waals surface area contributed by atoms with E-state index >= 15 is 0 Å². The molecule has 3 rings (SSSR count). The van der Waals surface area contributed by atoms with Crippen molar-refractivity contribution in [2.75, 3.05) is 23.4 Å². The summed E-state index contributed by atoms with van der Waals surface area (Å²) in [5.74, 6) is 2.06. The van der Waals surface area contributed by atoms with Gasteiger partial charge in [0.1, 0.15) is 5.69 Å². The Hall–Kier alpha value is -0.930. The number of rotatable bonds is 4. The van der Waals surface area contributed by atoms with Crippen molar-refractivity contribution < 1.29 is 4.79 Å². The minimum atomic E-state index is -0.0290. The summed E-state index contributed by atoms with van der Waals surface area (Å²) in [4.78, 5) is 16.2. The molecule has 1 aliphatic heterocycles. The van der Waals surface area contributed by atoms with Crippen molar-refractivity contribution in [2.24, 2.45) is 0 Å². The number of hydrogen-bond donors (Lipinski definition) is 2. The number of carbonyl (C=O) groups excluding carboxylic acids is 1. The van der Waals surface area contributed by atoms with Gasteiger partial charge in [-0.25, -0.2) is 0 Å². The zero-order chi connectivity index (χ0) is 14.5. The number of hydrogen-bond acceptors (Lipinski definition) is 7. The molecule has 10 heteroatoms. The summed E-state index contributed by atoms with van der Waals surface area (Å²) < 4.78 is 0. The topological polar surface area (TPSA) is 79.8 Å². The summed E-state index contributed by atoms with van der Waals surface area (Å²) >= 11 is 3.21. The van der Waals surface area contributed by atoms with Crippen molar-refractivity contribution in [2.45, 2.75) is 12.5 Å². The number of halogens is 2. The SMILES string of the molecule is Cl.Cl.O=C(CC1CSCCN1)Nc1nnc(-c2ccccn2)s1. The second kappa shape index (κ2) is 10.0. The number of thioether (sulfide) groups is 1. The maximum atomic E-state index is 12.0. The van der Waals surface area contributed by atoms with Crippen molar-refractivity contribution in [1.29, 1.82) is 0 Å². The van der Waals surface area contributed by atoms with E-state index in [1.807, 2.05) is 30.0 Å². The van der Waals surface area contributed by atoms with Crippen LogP contribution in [0.5, 0.6) is 0 Å². The van der Waals surface area contributed by atoms with Gasteiger partial charge in [-0.05, 0) is 12.1 Å². The van der Waals surface area contributed by atoms with Gasteiger partial charge < -0.3 is 10.6 Å². The lowest BCUT2D eigenvalue weighted by molar-refractivity contribution is -0.116. The minimum Gasteiger partial charge on any atom is -0.312 e. The molecule has 2 N–H and O–H groups in total. The summed E-state index contributed by atoms with van der Waals surface area (Å²) in [6.07, 6.45) is 2.17. The number of aromatic nitrogens is 3. The van der Waals surface area contributed by atoms with Gasteiger partial charge >= 0.3 is 0 Å². The first-order valence-corrected chi connectivity index (χ1v) is 8.64. The average molecular weight is 394 g/mol. The Morgan fingerprint density at radius 1 is 1.35 bits per heavy atom. The zero-order valence-electron chi connectivity index (χ0n) is 12.1. The van der Waals surface area contributed by atoms with Crippen LogP contribution in [0.25, 0.3) is 10.7 Å². The van der Waals surface area contributed by atoms with Gasteiger partial charge in [0.2, 0.25) is 11.0 Å².